The molecule has 90 valence electrons. The molecule has 0 radical (unpaired) electrons. The van der Waals surface area contributed by atoms with Gasteiger partial charge >= 0.3 is 0 Å². The highest BCUT2D eigenvalue weighted by Gasteiger charge is 2.15. The van der Waals surface area contributed by atoms with Crippen molar-refractivity contribution in [1.82, 2.24) is 5.32 Å². The first kappa shape index (κ1) is 11.7. The molecule has 17 heavy (non-hydrogen) atoms. The lowest BCUT2D eigenvalue weighted by atomic mass is 10.1. The van der Waals surface area contributed by atoms with Crippen molar-refractivity contribution in [1.29, 1.82) is 5.26 Å². The number of nitrogens with zero attached hydrogens (tertiary/aromatic N) is 1. The van der Waals surface area contributed by atoms with Crippen LogP contribution < -0.4 is 14.8 Å². The molecule has 0 saturated carbocycles. The summed E-state index contributed by atoms with van der Waals surface area (Å²) < 4.78 is 10.7. The van der Waals surface area contributed by atoms with Gasteiger partial charge in [-0.2, -0.15) is 5.26 Å². The van der Waals surface area contributed by atoms with E-state index in [1.165, 1.54) is 11.1 Å². The van der Waals surface area contributed by atoms with Gasteiger partial charge in [0.15, 0.2) is 11.5 Å². The molecule has 1 aromatic rings. The number of nitrogens with one attached hydrogen (secondary N) is 1. The van der Waals surface area contributed by atoms with Gasteiger partial charge in [0.25, 0.3) is 0 Å². The van der Waals surface area contributed by atoms with Gasteiger partial charge in [-0.15, -0.1) is 0 Å². The second-order valence-corrected chi connectivity index (χ2v) is 4.07. The van der Waals surface area contributed by atoms with E-state index in [1.54, 1.807) is 0 Å². The summed E-state index contributed by atoms with van der Waals surface area (Å²) >= 11 is 0. The quantitative estimate of drug-likeness (QED) is 0.790. The van der Waals surface area contributed by atoms with Gasteiger partial charge < -0.3 is 14.8 Å². The first-order valence-electron chi connectivity index (χ1n) is 5.78. The molecular formula is C13H16N2O2. The van der Waals surface area contributed by atoms with Crippen LogP contribution in [0.3, 0.4) is 0 Å². The Morgan fingerprint density at radius 1 is 1.35 bits per heavy atom. The maximum absolute atomic E-state index is 8.42. The molecule has 1 aliphatic heterocycles. The van der Waals surface area contributed by atoms with E-state index in [1.807, 2.05) is 12.1 Å². The van der Waals surface area contributed by atoms with Crippen LogP contribution >= 0.6 is 0 Å². The van der Waals surface area contributed by atoms with E-state index >= 15 is 0 Å². The van der Waals surface area contributed by atoms with Gasteiger partial charge in [0.1, 0.15) is 0 Å². The Morgan fingerprint density at radius 3 is 2.88 bits per heavy atom. The second-order valence-electron chi connectivity index (χ2n) is 4.07. The maximum atomic E-state index is 8.42. The average molecular weight is 232 g/mol. The third-order valence-electron chi connectivity index (χ3n) is 2.79. The molecule has 1 heterocycles. The highest BCUT2D eigenvalue weighted by Crippen LogP contribution is 2.34. The molecule has 0 amide bonds. The monoisotopic (exact) mass is 232 g/mol. The van der Waals surface area contributed by atoms with Gasteiger partial charge in [-0.3, -0.25) is 0 Å². The van der Waals surface area contributed by atoms with E-state index in [4.69, 9.17) is 14.7 Å². The van der Waals surface area contributed by atoms with Gasteiger partial charge in [0, 0.05) is 13.0 Å². The molecule has 0 atom stereocenters. The number of ether oxygens (including phenoxy) is 2. The third kappa shape index (κ3) is 2.89. The van der Waals surface area contributed by atoms with Crippen molar-refractivity contribution >= 4 is 0 Å². The molecular weight excluding hydrogens is 216 g/mol. The Balaban J connectivity index is 1.90. The van der Waals surface area contributed by atoms with Crippen LogP contribution in [0.5, 0.6) is 11.5 Å². The molecule has 0 unspecified atom stereocenters. The van der Waals surface area contributed by atoms with Crippen molar-refractivity contribution in [2.24, 2.45) is 0 Å². The molecule has 0 fully saturated rings. The van der Waals surface area contributed by atoms with Crippen LogP contribution in [0.2, 0.25) is 0 Å². The minimum absolute atomic E-state index is 0.313. The average Bonchev–Trinajstić information content (AvgIpc) is 2.76. The number of hydrogen-bond acceptors (Lipinski definition) is 4. The van der Waals surface area contributed by atoms with Crippen molar-refractivity contribution in [3.63, 3.8) is 0 Å². The molecule has 1 aromatic carbocycles. The number of unbranched alkanes of at least 4 members (excludes halogenated alkanes) is 1. The van der Waals surface area contributed by atoms with E-state index in [2.05, 4.69) is 18.3 Å². The van der Waals surface area contributed by atoms with E-state index in [-0.39, 0.29) is 0 Å². The Hall–Kier alpha value is -1.73. The first-order valence-corrected chi connectivity index (χ1v) is 5.78. The molecule has 4 heteroatoms. The third-order valence-corrected chi connectivity index (χ3v) is 2.79. The fourth-order valence-electron chi connectivity index (χ4n) is 1.79. The van der Waals surface area contributed by atoms with E-state index < -0.39 is 0 Å². The van der Waals surface area contributed by atoms with Gasteiger partial charge in [0.05, 0.1) is 6.07 Å². The molecule has 1 aliphatic rings. The predicted molar refractivity (Wildman–Crippen MR) is 63.9 cm³/mol. The summed E-state index contributed by atoms with van der Waals surface area (Å²) in [7, 11) is 0. The van der Waals surface area contributed by atoms with Crippen LogP contribution in [0.25, 0.3) is 0 Å². The van der Waals surface area contributed by atoms with Crippen molar-refractivity contribution in [3.8, 4) is 17.6 Å². The minimum atomic E-state index is 0.313. The molecule has 0 bridgehead atoms. The number of fused-ring (bicyclic) bond motifs is 1. The molecule has 0 saturated heterocycles. The topological polar surface area (TPSA) is 54.3 Å². The second kappa shape index (κ2) is 5.55. The van der Waals surface area contributed by atoms with Gasteiger partial charge in [-0.1, -0.05) is 0 Å². The smallest absolute Gasteiger partial charge is 0.231 e. The summed E-state index contributed by atoms with van der Waals surface area (Å²) in [4.78, 5) is 0. The summed E-state index contributed by atoms with van der Waals surface area (Å²) in [6.45, 7) is 4.04. The molecule has 0 spiro atoms. The molecule has 0 aliphatic carbocycles. The molecule has 1 N–H and O–H groups in total. The Morgan fingerprint density at radius 2 is 2.12 bits per heavy atom. The van der Waals surface area contributed by atoms with Crippen LogP contribution in [-0.2, 0) is 6.54 Å². The van der Waals surface area contributed by atoms with Crippen LogP contribution in [-0.4, -0.2) is 13.3 Å². The van der Waals surface area contributed by atoms with Gasteiger partial charge in [-0.05, 0) is 43.1 Å². The molecule has 4 nitrogen and oxygen atoms in total. The van der Waals surface area contributed by atoms with E-state index in [0.717, 1.165) is 31.0 Å². The first-order chi connectivity index (χ1) is 8.31. The summed E-state index contributed by atoms with van der Waals surface area (Å²) in [5.41, 5.74) is 2.41. The standard InChI is InChI=1S/C13H16N2O2/c1-10-6-12-13(17-9-16-12)7-11(10)8-15-5-3-2-4-14/h6-7,15H,2-3,5,8-9H2,1H3. The Bertz CT molecular complexity index is 438. The largest absolute Gasteiger partial charge is 0.454 e. The summed E-state index contributed by atoms with van der Waals surface area (Å²) in [6.07, 6.45) is 1.49. The fourth-order valence-corrected chi connectivity index (χ4v) is 1.79. The van der Waals surface area contributed by atoms with Crippen LogP contribution in [0.15, 0.2) is 12.1 Å². The highest BCUT2D eigenvalue weighted by molar-refractivity contribution is 5.48. The summed E-state index contributed by atoms with van der Waals surface area (Å²) in [5, 5.41) is 11.7. The zero-order chi connectivity index (χ0) is 12.1. The number of aryl methyl sites for hydroxylation is 1. The Kier molecular flexibility index (Phi) is 3.84. The Labute approximate surface area is 101 Å². The molecule has 2 rings (SSSR count). The summed E-state index contributed by atoms with van der Waals surface area (Å²) in [5.74, 6) is 1.65. The van der Waals surface area contributed by atoms with Crippen molar-refractivity contribution < 1.29 is 9.47 Å². The minimum Gasteiger partial charge on any atom is -0.454 e. The van der Waals surface area contributed by atoms with Crippen LogP contribution in [0.4, 0.5) is 0 Å². The highest BCUT2D eigenvalue weighted by atomic mass is 16.7. The van der Waals surface area contributed by atoms with Gasteiger partial charge in [-0.25, -0.2) is 0 Å². The zero-order valence-electron chi connectivity index (χ0n) is 9.95. The lowest BCUT2D eigenvalue weighted by Gasteiger charge is -2.08. The number of benzene rings is 1. The van der Waals surface area contributed by atoms with E-state index in [9.17, 15) is 0 Å². The zero-order valence-corrected chi connectivity index (χ0v) is 9.95. The van der Waals surface area contributed by atoms with E-state index in [0.29, 0.717) is 13.2 Å². The number of rotatable bonds is 5. The SMILES string of the molecule is Cc1cc2c(cc1CNCCCC#N)OCO2. The predicted octanol–water partition coefficient (Wildman–Crippen LogP) is 2.12. The van der Waals surface area contributed by atoms with Crippen molar-refractivity contribution in [2.75, 3.05) is 13.3 Å². The summed E-state index contributed by atoms with van der Waals surface area (Å²) in [6, 6.07) is 6.17. The normalized spacial score (nSPS) is 12.5. The molecule has 0 aromatic heterocycles. The maximum Gasteiger partial charge on any atom is 0.231 e. The fraction of sp³-hybridized carbons (Fsp3) is 0.462. The number of nitriles is 1. The van der Waals surface area contributed by atoms with Crippen LogP contribution in [0, 0.1) is 18.3 Å². The lowest BCUT2D eigenvalue weighted by molar-refractivity contribution is 0.174. The van der Waals surface area contributed by atoms with Crippen molar-refractivity contribution in [2.45, 2.75) is 26.3 Å². The lowest BCUT2D eigenvalue weighted by Crippen LogP contribution is -2.15. The van der Waals surface area contributed by atoms with Gasteiger partial charge in [0.2, 0.25) is 6.79 Å². The van der Waals surface area contributed by atoms with Crippen LogP contribution in [0.1, 0.15) is 24.0 Å². The van der Waals surface area contributed by atoms with Crippen molar-refractivity contribution in [3.05, 3.63) is 23.3 Å². The number of hydrogen-bond donors (Lipinski definition) is 1.